The summed E-state index contributed by atoms with van der Waals surface area (Å²) in [5.74, 6) is 0. The highest BCUT2D eigenvalue weighted by Crippen LogP contribution is 2.23. The molecule has 0 amide bonds. The van der Waals surface area contributed by atoms with Gasteiger partial charge in [0, 0.05) is 40.4 Å². The molecule has 9 heteroatoms. The Labute approximate surface area is 214 Å². The van der Waals surface area contributed by atoms with Crippen molar-refractivity contribution in [1.82, 2.24) is 19.0 Å². The van der Waals surface area contributed by atoms with E-state index in [-0.39, 0.29) is 5.56 Å². The molecule has 0 fully saturated rings. The monoisotopic (exact) mass is 544 g/mol. The van der Waals surface area contributed by atoms with E-state index in [4.69, 9.17) is 10.1 Å². The van der Waals surface area contributed by atoms with E-state index in [1.54, 1.807) is 28.0 Å². The molecule has 0 aliphatic heterocycles. The van der Waals surface area contributed by atoms with Crippen LogP contribution >= 0.6 is 27.3 Å². The van der Waals surface area contributed by atoms with Gasteiger partial charge in [-0.05, 0) is 37.3 Å². The lowest BCUT2D eigenvalue weighted by atomic mass is 10.2. The topological polar surface area (TPSA) is 69.5 Å². The maximum atomic E-state index is 13.4. The summed E-state index contributed by atoms with van der Waals surface area (Å²) >= 11 is 4.92. The van der Waals surface area contributed by atoms with Gasteiger partial charge in [0.05, 0.1) is 23.3 Å². The van der Waals surface area contributed by atoms with E-state index in [0.29, 0.717) is 10.5 Å². The van der Waals surface area contributed by atoms with Crippen LogP contribution in [0.5, 0.6) is 0 Å². The first-order valence-electron chi connectivity index (χ1n) is 10.8. The summed E-state index contributed by atoms with van der Waals surface area (Å²) in [4.78, 5) is 23.0. The fraction of sp³-hybridized carbons (Fsp3) is 0.0769. The molecule has 5 aromatic rings. The zero-order valence-corrected chi connectivity index (χ0v) is 21.4. The van der Waals surface area contributed by atoms with Gasteiger partial charge in [-0.15, -0.1) is 11.3 Å². The van der Waals surface area contributed by atoms with Gasteiger partial charge < -0.3 is 0 Å². The maximum absolute atomic E-state index is 13.4. The first-order chi connectivity index (χ1) is 17.0. The molecule has 0 spiro atoms. The third kappa shape index (κ3) is 4.60. The lowest BCUT2D eigenvalue weighted by Gasteiger charge is -2.07. The Hall–Kier alpha value is -3.82. The number of benzene rings is 2. The van der Waals surface area contributed by atoms with E-state index >= 15 is 0 Å². The predicted molar refractivity (Wildman–Crippen MR) is 144 cm³/mol. The minimum atomic E-state index is -0.183. The van der Waals surface area contributed by atoms with Crippen molar-refractivity contribution in [3.8, 4) is 16.9 Å². The van der Waals surface area contributed by atoms with Crippen LogP contribution in [0.4, 0.5) is 5.69 Å². The molecular formula is C26H21BrN6OS. The maximum Gasteiger partial charge on any atom is 0.297 e. The fourth-order valence-electron chi connectivity index (χ4n) is 3.66. The van der Waals surface area contributed by atoms with Crippen LogP contribution in [0.2, 0.25) is 0 Å². The number of rotatable bonds is 5. The third-order valence-electron chi connectivity index (χ3n) is 5.56. The minimum Gasteiger partial charge on any atom is -0.283 e. The van der Waals surface area contributed by atoms with Gasteiger partial charge in [-0.2, -0.15) is 5.10 Å². The molecular weight excluding hydrogens is 524 g/mol. The van der Waals surface area contributed by atoms with E-state index in [0.717, 1.165) is 32.7 Å². The van der Waals surface area contributed by atoms with Gasteiger partial charge in [-0.25, -0.2) is 14.4 Å². The summed E-state index contributed by atoms with van der Waals surface area (Å²) in [7, 11) is 1.86. The van der Waals surface area contributed by atoms with Gasteiger partial charge >= 0.3 is 0 Å². The molecule has 0 radical (unpaired) electrons. The van der Waals surface area contributed by atoms with E-state index in [9.17, 15) is 4.79 Å². The van der Waals surface area contributed by atoms with Gasteiger partial charge in [0.25, 0.3) is 5.56 Å². The average molecular weight is 545 g/mol. The molecule has 35 heavy (non-hydrogen) atoms. The Balaban J connectivity index is 1.69. The van der Waals surface area contributed by atoms with E-state index < -0.39 is 0 Å². The van der Waals surface area contributed by atoms with Gasteiger partial charge in [0.1, 0.15) is 0 Å². The van der Waals surface area contributed by atoms with Crippen molar-refractivity contribution in [1.29, 1.82) is 0 Å². The Bertz CT molecular complexity index is 1630. The first kappa shape index (κ1) is 22.9. The summed E-state index contributed by atoms with van der Waals surface area (Å²) in [6.07, 6.45) is 5.20. The van der Waals surface area contributed by atoms with Crippen LogP contribution < -0.4 is 10.4 Å². The molecule has 0 unspecified atom stereocenters. The van der Waals surface area contributed by atoms with Crippen LogP contribution in [0.1, 0.15) is 11.3 Å². The highest BCUT2D eigenvalue weighted by Gasteiger charge is 2.16. The summed E-state index contributed by atoms with van der Waals surface area (Å²) in [6.45, 7) is 1.90. The number of nitrogens with zero attached hydrogens (tertiary/aromatic N) is 6. The molecule has 174 valence electrons. The van der Waals surface area contributed by atoms with Crippen LogP contribution in [0.3, 0.4) is 0 Å². The molecule has 5 rings (SSSR count). The Kier molecular flexibility index (Phi) is 6.43. The van der Waals surface area contributed by atoms with E-state index in [2.05, 4.69) is 20.9 Å². The number of para-hydroxylation sites is 1. The number of halogens is 1. The highest BCUT2D eigenvalue weighted by atomic mass is 79.9. The van der Waals surface area contributed by atoms with Crippen LogP contribution in [0.15, 0.2) is 104 Å². The van der Waals surface area contributed by atoms with Crippen molar-refractivity contribution in [2.75, 3.05) is 0 Å². The number of hydrogen-bond donors (Lipinski definition) is 0. The second-order valence-corrected chi connectivity index (χ2v) is 9.53. The molecule has 0 atom stereocenters. The number of hydrogen-bond acceptors (Lipinski definition) is 5. The van der Waals surface area contributed by atoms with Crippen LogP contribution in [0, 0.1) is 6.92 Å². The minimum absolute atomic E-state index is 0.183. The standard InChI is InChI=1S/C26H21BrN6OS/c1-18-24(25(34)33(31(18)2)22-8-4-3-5-9-22)30-26-32(29-16-19-7-6-14-28-15-19)23(17-35-26)20-10-12-21(27)13-11-20/h3-17H,1-2H3. The summed E-state index contributed by atoms with van der Waals surface area (Å²) in [5, 5.41) is 6.72. The molecule has 3 heterocycles. The molecule has 0 saturated heterocycles. The molecule has 0 aliphatic carbocycles. The smallest absolute Gasteiger partial charge is 0.283 e. The van der Waals surface area contributed by atoms with Crippen molar-refractivity contribution in [2.24, 2.45) is 17.1 Å². The molecule has 0 saturated carbocycles. The van der Waals surface area contributed by atoms with E-state index in [1.807, 2.05) is 90.8 Å². The van der Waals surface area contributed by atoms with Crippen molar-refractivity contribution in [3.05, 3.63) is 115 Å². The van der Waals surface area contributed by atoms with Crippen LogP contribution in [-0.2, 0) is 7.05 Å². The van der Waals surface area contributed by atoms with Crippen molar-refractivity contribution in [3.63, 3.8) is 0 Å². The molecule has 2 aromatic carbocycles. The van der Waals surface area contributed by atoms with Crippen LogP contribution in [0.25, 0.3) is 16.9 Å². The second kappa shape index (κ2) is 9.81. The van der Waals surface area contributed by atoms with Crippen LogP contribution in [-0.4, -0.2) is 25.2 Å². The van der Waals surface area contributed by atoms with Crippen molar-refractivity contribution in [2.45, 2.75) is 6.92 Å². The highest BCUT2D eigenvalue weighted by molar-refractivity contribution is 9.10. The first-order valence-corrected chi connectivity index (χ1v) is 12.5. The SMILES string of the molecule is Cc1c(N=c2scc(-c3ccc(Br)cc3)n2N=Cc2cccnc2)c(=O)n(-c2ccccc2)n1C. The van der Waals surface area contributed by atoms with E-state index in [1.165, 1.54) is 11.3 Å². The number of pyridine rings is 1. The van der Waals surface area contributed by atoms with Gasteiger partial charge in [-0.3, -0.25) is 14.5 Å². The average Bonchev–Trinajstić information content (AvgIpc) is 3.38. The largest absolute Gasteiger partial charge is 0.297 e. The quantitative estimate of drug-likeness (QED) is 0.282. The van der Waals surface area contributed by atoms with Gasteiger partial charge in [0.15, 0.2) is 5.69 Å². The Morgan fingerprint density at radius 2 is 1.80 bits per heavy atom. The van der Waals surface area contributed by atoms with Crippen molar-refractivity contribution >= 4 is 39.2 Å². The molecule has 3 aromatic heterocycles. The summed E-state index contributed by atoms with van der Waals surface area (Å²) in [6, 6.07) is 21.3. The third-order valence-corrected chi connectivity index (χ3v) is 6.91. The summed E-state index contributed by atoms with van der Waals surface area (Å²) < 4.78 is 6.21. The molecule has 0 bridgehead atoms. The lowest BCUT2D eigenvalue weighted by Crippen LogP contribution is -2.19. The normalized spacial score (nSPS) is 12.0. The molecule has 0 aliphatic rings. The Morgan fingerprint density at radius 1 is 1.03 bits per heavy atom. The van der Waals surface area contributed by atoms with Gasteiger partial charge in [0.2, 0.25) is 4.80 Å². The van der Waals surface area contributed by atoms with Crippen molar-refractivity contribution < 1.29 is 0 Å². The number of thiazole rings is 1. The molecule has 0 N–H and O–H groups in total. The predicted octanol–water partition coefficient (Wildman–Crippen LogP) is 5.29. The second-order valence-electron chi connectivity index (χ2n) is 7.78. The Morgan fingerprint density at radius 3 is 2.51 bits per heavy atom. The fourth-order valence-corrected chi connectivity index (χ4v) is 4.77. The van der Waals surface area contributed by atoms with Gasteiger partial charge in [-0.1, -0.05) is 52.3 Å². The zero-order chi connectivity index (χ0) is 24.4. The molecule has 7 nitrogen and oxygen atoms in total. The zero-order valence-electron chi connectivity index (χ0n) is 19.0. The number of aromatic nitrogens is 4. The lowest BCUT2D eigenvalue weighted by molar-refractivity contribution is 0.630. The summed E-state index contributed by atoms with van der Waals surface area (Å²) in [5.41, 5.74) is 4.47.